The summed E-state index contributed by atoms with van der Waals surface area (Å²) in [4.78, 5) is 38.4. The standard InChI is InChI=1S/C18H18Cl2N4O3/c1-17(9-21,10-3-4-10)22-14(25)8-24-15(26)18(2,23-16(24)27)12-6-5-11(19)7-13(12)20/h5-7,10H,3-4,8H2,1-2H3,(H,22,25)(H,23,27)/t17-,18+/m1/s1. The Balaban J connectivity index is 1.78. The first-order valence-corrected chi connectivity index (χ1v) is 9.18. The van der Waals surface area contributed by atoms with Crippen LogP contribution >= 0.6 is 23.2 Å². The van der Waals surface area contributed by atoms with Crippen LogP contribution in [0.1, 0.15) is 32.3 Å². The van der Waals surface area contributed by atoms with Gasteiger partial charge in [0.05, 0.1) is 6.07 Å². The summed E-state index contributed by atoms with van der Waals surface area (Å²) in [5.41, 5.74) is -2.03. The van der Waals surface area contributed by atoms with Crippen LogP contribution in [0.3, 0.4) is 0 Å². The van der Waals surface area contributed by atoms with Crippen molar-refractivity contribution in [3.63, 3.8) is 0 Å². The summed E-state index contributed by atoms with van der Waals surface area (Å²) in [5, 5.41) is 15.2. The van der Waals surface area contributed by atoms with Gasteiger partial charge in [-0.05, 0) is 44.7 Å². The Kier molecular flexibility index (Phi) is 4.83. The molecule has 0 aromatic heterocycles. The maximum atomic E-state index is 12.9. The number of nitrogens with zero attached hydrogens (tertiary/aromatic N) is 2. The van der Waals surface area contributed by atoms with Gasteiger partial charge in [0.1, 0.15) is 17.6 Å². The van der Waals surface area contributed by atoms with Crippen molar-refractivity contribution in [1.29, 1.82) is 5.26 Å². The Bertz CT molecular complexity index is 880. The first kappa shape index (κ1) is 19.5. The quantitative estimate of drug-likeness (QED) is 0.730. The zero-order valence-corrected chi connectivity index (χ0v) is 16.3. The molecule has 0 unspecified atom stereocenters. The normalized spacial score (nSPS) is 24.2. The number of hydrogen-bond donors (Lipinski definition) is 2. The van der Waals surface area contributed by atoms with Gasteiger partial charge in [0, 0.05) is 15.6 Å². The number of carbonyl (C=O) groups is 3. The molecule has 2 fully saturated rings. The lowest BCUT2D eigenvalue weighted by atomic mass is 9.92. The highest BCUT2D eigenvalue weighted by atomic mass is 35.5. The van der Waals surface area contributed by atoms with E-state index >= 15 is 0 Å². The van der Waals surface area contributed by atoms with E-state index in [1.807, 2.05) is 0 Å². The lowest BCUT2D eigenvalue weighted by Crippen LogP contribution is -2.51. The first-order valence-electron chi connectivity index (χ1n) is 8.42. The summed E-state index contributed by atoms with van der Waals surface area (Å²) in [6.45, 7) is 2.69. The summed E-state index contributed by atoms with van der Waals surface area (Å²) < 4.78 is 0. The van der Waals surface area contributed by atoms with Gasteiger partial charge in [-0.25, -0.2) is 4.79 Å². The Morgan fingerprint density at radius 3 is 2.67 bits per heavy atom. The van der Waals surface area contributed by atoms with Crippen molar-refractivity contribution in [1.82, 2.24) is 15.5 Å². The zero-order chi connectivity index (χ0) is 20.0. The highest BCUT2D eigenvalue weighted by Crippen LogP contribution is 2.39. The maximum Gasteiger partial charge on any atom is 0.325 e. The number of rotatable bonds is 5. The Morgan fingerprint density at radius 2 is 2.11 bits per heavy atom. The fourth-order valence-corrected chi connectivity index (χ4v) is 3.87. The Morgan fingerprint density at radius 1 is 1.44 bits per heavy atom. The number of imide groups is 1. The minimum Gasteiger partial charge on any atom is -0.336 e. The van der Waals surface area contributed by atoms with Crippen molar-refractivity contribution >= 4 is 41.0 Å². The van der Waals surface area contributed by atoms with Gasteiger partial charge in [-0.3, -0.25) is 14.5 Å². The van der Waals surface area contributed by atoms with E-state index in [0.717, 1.165) is 17.7 Å². The van der Waals surface area contributed by atoms with Crippen LogP contribution in [0, 0.1) is 17.2 Å². The molecule has 2 atom stereocenters. The van der Waals surface area contributed by atoms with E-state index in [2.05, 4.69) is 16.7 Å². The Hall–Kier alpha value is -2.30. The molecule has 0 radical (unpaired) electrons. The molecule has 9 heteroatoms. The molecule has 4 amide bonds. The van der Waals surface area contributed by atoms with Gasteiger partial charge < -0.3 is 10.6 Å². The minimum atomic E-state index is -1.41. The van der Waals surface area contributed by atoms with Crippen LogP contribution < -0.4 is 10.6 Å². The van der Waals surface area contributed by atoms with Crippen molar-refractivity contribution in [2.24, 2.45) is 5.92 Å². The number of nitriles is 1. The Labute approximate surface area is 166 Å². The lowest BCUT2D eigenvalue weighted by Gasteiger charge is -2.25. The van der Waals surface area contributed by atoms with E-state index in [1.54, 1.807) is 19.1 Å². The van der Waals surface area contributed by atoms with Crippen LogP contribution in [0.4, 0.5) is 4.79 Å². The average Bonchev–Trinajstić information content (AvgIpc) is 3.41. The molecule has 0 spiro atoms. The molecule has 2 aliphatic rings. The number of benzene rings is 1. The van der Waals surface area contributed by atoms with Crippen molar-refractivity contribution in [3.05, 3.63) is 33.8 Å². The van der Waals surface area contributed by atoms with Crippen LogP contribution in [0.5, 0.6) is 0 Å². The molecule has 7 nitrogen and oxygen atoms in total. The fourth-order valence-electron chi connectivity index (χ4n) is 3.27. The van der Waals surface area contributed by atoms with Gasteiger partial charge in [-0.2, -0.15) is 5.26 Å². The second-order valence-corrected chi connectivity index (χ2v) is 8.05. The highest BCUT2D eigenvalue weighted by molar-refractivity contribution is 6.35. The van der Waals surface area contributed by atoms with Crippen molar-refractivity contribution in [2.45, 2.75) is 37.8 Å². The number of urea groups is 1. The summed E-state index contributed by atoms with van der Waals surface area (Å²) >= 11 is 12.1. The number of amides is 4. The first-order chi connectivity index (χ1) is 12.6. The monoisotopic (exact) mass is 408 g/mol. The van der Waals surface area contributed by atoms with E-state index in [1.165, 1.54) is 13.0 Å². The molecule has 1 aromatic rings. The molecule has 1 saturated carbocycles. The molecular formula is C18H18Cl2N4O3. The highest BCUT2D eigenvalue weighted by Gasteiger charge is 2.51. The molecule has 1 saturated heterocycles. The topological polar surface area (TPSA) is 102 Å². The van der Waals surface area contributed by atoms with Gasteiger partial charge in [-0.15, -0.1) is 0 Å². The summed E-state index contributed by atoms with van der Waals surface area (Å²) in [7, 11) is 0. The van der Waals surface area contributed by atoms with Gasteiger partial charge in [0.2, 0.25) is 5.91 Å². The minimum absolute atomic E-state index is 0.0905. The lowest BCUT2D eigenvalue weighted by molar-refractivity contribution is -0.135. The average molecular weight is 409 g/mol. The maximum absolute atomic E-state index is 12.9. The van der Waals surface area contributed by atoms with E-state index in [4.69, 9.17) is 23.2 Å². The smallest absolute Gasteiger partial charge is 0.325 e. The van der Waals surface area contributed by atoms with Gasteiger partial charge in [0.15, 0.2) is 0 Å². The molecule has 1 aromatic carbocycles. The molecule has 142 valence electrons. The molecular weight excluding hydrogens is 391 g/mol. The number of halogens is 2. The van der Waals surface area contributed by atoms with Crippen LogP contribution in [0.15, 0.2) is 18.2 Å². The summed E-state index contributed by atoms with van der Waals surface area (Å²) in [6, 6.07) is 6.01. The van der Waals surface area contributed by atoms with Crippen LogP contribution in [-0.4, -0.2) is 34.8 Å². The van der Waals surface area contributed by atoms with E-state index in [9.17, 15) is 19.6 Å². The predicted octanol–water partition coefficient (Wildman–Crippen LogP) is 2.57. The van der Waals surface area contributed by atoms with Gasteiger partial charge >= 0.3 is 6.03 Å². The summed E-state index contributed by atoms with van der Waals surface area (Å²) in [5.74, 6) is -1.08. The molecule has 0 bridgehead atoms. The van der Waals surface area contributed by atoms with E-state index in [-0.39, 0.29) is 10.9 Å². The SMILES string of the molecule is C[C@](C#N)(NC(=O)CN1C(=O)N[C@@](C)(c2ccc(Cl)cc2Cl)C1=O)C1CC1. The number of nitrogens with one attached hydrogen (secondary N) is 2. The molecule has 3 rings (SSSR count). The molecule has 1 aliphatic carbocycles. The second kappa shape index (κ2) is 6.70. The summed E-state index contributed by atoms with van der Waals surface area (Å²) in [6.07, 6.45) is 1.72. The van der Waals surface area contributed by atoms with Gasteiger partial charge in [0.25, 0.3) is 5.91 Å². The fraction of sp³-hybridized carbons (Fsp3) is 0.444. The van der Waals surface area contributed by atoms with Crippen molar-refractivity contribution < 1.29 is 14.4 Å². The van der Waals surface area contributed by atoms with Crippen LogP contribution in [-0.2, 0) is 15.1 Å². The predicted molar refractivity (Wildman–Crippen MR) is 98.9 cm³/mol. The van der Waals surface area contributed by atoms with E-state index < -0.39 is 35.5 Å². The molecule has 2 N–H and O–H groups in total. The van der Waals surface area contributed by atoms with Crippen molar-refractivity contribution in [2.75, 3.05) is 6.54 Å². The number of hydrogen-bond acceptors (Lipinski definition) is 4. The molecule has 1 aliphatic heterocycles. The van der Waals surface area contributed by atoms with Crippen LogP contribution in [0.25, 0.3) is 0 Å². The van der Waals surface area contributed by atoms with Crippen molar-refractivity contribution in [3.8, 4) is 6.07 Å². The largest absolute Gasteiger partial charge is 0.336 e. The van der Waals surface area contributed by atoms with Crippen LogP contribution in [0.2, 0.25) is 10.0 Å². The van der Waals surface area contributed by atoms with E-state index in [0.29, 0.717) is 10.6 Å². The zero-order valence-electron chi connectivity index (χ0n) is 14.8. The van der Waals surface area contributed by atoms with Gasteiger partial charge in [-0.1, -0.05) is 29.3 Å². The third kappa shape index (κ3) is 3.47. The third-order valence-electron chi connectivity index (χ3n) is 5.07. The number of carbonyl (C=O) groups excluding carboxylic acids is 3. The second-order valence-electron chi connectivity index (χ2n) is 7.21. The molecule has 1 heterocycles. The third-order valence-corrected chi connectivity index (χ3v) is 5.62. The molecule has 27 heavy (non-hydrogen) atoms.